The van der Waals surface area contributed by atoms with Crippen molar-refractivity contribution < 1.29 is 5.11 Å². The molecule has 0 amide bonds. The Morgan fingerprint density at radius 3 is 2.56 bits per heavy atom. The summed E-state index contributed by atoms with van der Waals surface area (Å²) in [5.41, 5.74) is 3.63. The number of hydrogen-bond acceptors (Lipinski definition) is 2. The Morgan fingerprint density at radius 2 is 2.00 bits per heavy atom. The molecule has 2 aromatic rings. The van der Waals surface area contributed by atoms with E-state index in [0.29, 0.717) is 12.2 Å². The highest BCUT2D eigenvalue weighted by Crippen LogP contribution is 2.20. The number of benzene rings is 1. The number of H-pyrrole nitrogens is 1. The third-order valence-corrected chi connectivity index (χ3v) is 2.88. The minimum Gasteiger partial charge on any atom is -0.385 e. The van der Waals surface area contributed by atoms with E-state index in [-0.39, 0.29) is 0 Å². The van der Waals surface area contributed by atoms with Crippen LogP contribution >= 0.6 is 0 Å². The van der Waals surface area contributed by atoms with Crippen LogP contribution in [0, 0.1) is 13.8 Å². The molecule has 16 heavy (non-hydrogen) atoms. The Hall–Kier alpha value is -1.61. The van der Waals surface area contributed by atoms with E-state index in [9.17, 15) is 5.11 Å². The van der Waals surface area contributed by atoms with Gasteiger partial charge in [0.1, 0.15) is 11.9 Å². The van der Waals surface area contributed by atoms with Crippen molar-refractivity contribution in [2.45, 2.75) is 26.4 Å². The maximum atomic E-state index is 10.0. The van der Waals surface area contributed by atoms with Gasteiger partial charge in [0.05, 0.1) is 0 Å². The zero-order valence-corrected chi connectivity index (χ0v) is 9.57. The maximum absolute atomic E-state index is 10.0. The van der Waals surface area contributed by atoms with Gasteiger partial charge in [-0.25, -0.2) is 4.98 Å². The standard InChI is InChI=1S/C13H16N2O/c1-9-4-3-5-10(2)11(9)8-12(16)13-14-6-7-15-13/h3-7,12,16H,8H2,1-2H3,(H,14,15). The van der Waals surface area contributed by atoms with Gasteiger partial charge in [0.25, 0.3) is 0 Å². The third kappa shape index (κ3) is 2.14. The predicted octanol–water partition coefficient (Wildman–Crippen LogP) is 2.30. The smallest absolute Gasteiger partial charge is 0.135 e. The van der Waals surface area contributed by atoms with Crippen LogP contribution in [0.25, 0.3) is 0 Å². The van der Waals surface area contributed by atoms with Crippen molar-refractivity contribution in [3.63, 3.8) is 0 Å². The fraction of sp³-hybridized carbons (Fsp3) is 0.308. The summed E-state index contributed by atoms with van der Waals surface area (Å²) in [6.07, 6.45) is 3.42. The second-order valence-corrected chi connectivity index (χ2v) is 4.06. The predicted molar refractivity (Wildman–Crippen MR) is 63.2 cm³/mol. The van der Waals surface area contributed by atoms with Gasteiger partial charge in [0.15, 0.2) is 0 Å². The van der Waals surface area contributed by atoms with E-state index in [1.54, 1.807) is 12.4 Å². The summed E-state index contributed by atoms with van der Waals surface area (Å²) in [4.78, 5) is 7.00. The number of aliphatic hydroxyl groups excluding tert-OH is 1. The molecule has 0 radical (unpaired) electrons. The van der Waals surface area contributed by atoms with Gasteiger partial charge in [-0.1, -0.05) is 18.2 Å². The second kappa shape index (κ2) is 4.49. The number of aromatic nitrogens is 2. The van der Waals surface area contributed by atoms with Crippen molar-refractivity contribution in [2.75, 3.05) is 0 Å². The van der Waals surface area contributed by atoms with Crippen molar-refractivity contribution in [1.82, 2.24) is 9.97 Å². The summed E-state index contributed by atoms with van der Waals surface area (Å²) < 4.78 is 0. The van der Waals surface area contributed by atoms with E-state index < -0.39 is 6.10 Å². The number of hydrogen-bond donors (Lipinski definition) is 2. The third-order valence-electron chi connectivity index (χ3n) is 2.88. The van der Waals surface area contributed by atoms with E-state index in [0.717, 1.165) is 0 Å². The van der Waals surface area contributed by atoms with Crippen LogP contribution in [-0.4, -0.2) is 15.1 Å². The monoisotopic (exact) mass is 216 g/mol. The summed E-state index contributed by atoms with van der Waals surface area (Å²) in [6.45, 7) is 4.13. The molecule has 0 bridgehead atoms. The molecule has 1 unspecified atom stereocenters. The van der Waals surface area contributed by atoms with Crippen LogP contribution < -0.4 is 0 Å². The Bertz CT molecular complexity index is 443. The Balaban J connectivity index is 2.21. The van der Waals surface area contributed by atoms with Gasteiger partial charge in [-0.2, -0.15) is 0 Å². The summed E-state index contributed by atoms with van der Waals surface area (Å²) in [5.74, 6) is 0.627. The van der Waals surface area contributed by atoms with Gasteiger partial charge >= 0.3 is 0 Å². The molecule has 0 spiro atoms. The zero-order chi connectivity index (χ0) is 11.5. The van der Waals surface area contributed by atoms with Crippen LogP contribution in [0.4, 0.5) is 0 Å². The van der Waals surface area contributed by atoms with Gasteiger partial charge in [-0.05, 0) is 30.5 Å². The van der Waals surface area contributed by atoms with Crippen molar-refractivity contribution in [3.05, 3.63) is 53.1 Å². The summed E-state index contributed by atoms with van der Waals surface area (Å²) in [5, 5.41) is 10.0. The van der Waals surface area contributed by atoms with Crippen molar-refractivity contribution >= 4 is 0 Å². The lowest BCUT2D eigenvalue weighted by molar-refractivity contribution is 0.169. The Labute approximate surface area is 95.2 Å². The van der Waals surface area contributed by atoms with E-state index in [1.807, 2.05) is 6.07 Å². The molecule has 0 saturated heterocycles. The highest BCUT2D eigenvalue weighted by Gasteiger charge is 2.13. The fourth-order valence-electron chi connectivity index (χ4n) is 1.92. The van der Waals surface area contributed by atoms with E-state index >= 15 is 0 Å². The molecule has 1 aromatic carbocycles. The van der Waals surface area contributed by atoms with Crippen molar-refractivity contribution in [1.29, 1.82) is 0 Å². The minimum absolute atomic E-state index is 0.560. The number of nitrogens with zero attached hydrogens (tertiary/aromatic N) is 1. The Morgan fingerprint density at radius 1 is 1.31 bits per heavy atom. The zero-order valence-electron chi connectivity index (χ0n) is 9.57. The quantitative estimate of drug-likeness (QED) is 0.827. The maximum Gasteiger partial charge on any atom is 0.135 e. The van der Waals surface area contributed by atoms with Crippen LogP contribution in [-0.2, 0) is 6.42 Å². The first-order valence-electron chi connectivity index (χ1n) is 5.41. The van der Waals surface area contributed by atoms with Gasteiger partial charge < -0.3 is 10.1 Å². The minimum atomic E-state index is -0.560. The van der Waals surface area contributed by atoms with Crippen LogP contribution in [0.2, 0.25) is 0 Å². The molecular formula is C13H16N2O. The SMILES string of the molecule is Cc1cccc(C)c1CC(O)c1ncc[nH]1. The fourth-order valence-corrected chi connectivity index (χ4v) is 1.92. The second-order valence-electron chi connectivity index (χ2n) is 4.06. The summed E-state index contributed by atoms with van der Waals surface area (Å²) in [7, 11) is 0. The molecule has 1 heterocycles. The Kier molecular flexibility index (Phi) is 3.06. The van der Waals surface area contributed by atoms with Crippen LogP contribution in [0.15, 0.2) is 30.6 Å². The normalized spacial score (nSPS) is 12.7. The van der Waals surface area contributed by atoms with Crippen molar-refractivity contribution in [2.24, 2.45) is 0 Å². The van der Waals surface area contributed by atoms with Crippen molar-refractivity contribution in [3.8, 4) is 0 Å². The van der Waals surface area contributed by atoms with Gasteiger partial charge in [0.2, 0.25) is 0 Å². The number of nitrogens with one attached hydrogen (secondary N) is 1. The number of imidazole rings is 1. The lowest BCUT2D eigenvalue weighted by atomic mass is 9.97. The molecule has 1 atom stereocenters. The molecule has 0 aliphatic rings. The first kappa shape index (κ1) is 10.9. The number of aromatic amines is 1. The highest BCUT2D eigenvalue weighted by atomic mass is 16.3. The molecular weight excluding hydrogens is 200 g/mol. The largest absolute Gasteiger partial charge is 0.385 e. The van der Waals surface area contributed by atoms with Crippen LogP contribution in [0.5, 0.6) is 0 Å². The first-order chi connectivity index (χ1) is 7.68. The number of aryl methyl sites for hydroxylation is 2. The van der Waals surface area contributed by atoms with E-state index in [4.69, 9.17) is 0 Å². The lowest BCUT2D eigenvalue weighted by Crippen LogP contribution is -2.06. The van der Waals surface area contributed by atoms with Crippen LogP contribution in [0.3, 0.4) is 0 Å². The molecule has 0 saturated carbocycles. The molecule has 2 N–H and O–H groups in total. The van der Waals surface area contributed by atoms with Gasteiger partial charge in [-0.3, -0.25) is 0 Å². The average Bonchev–Trinajstić information content (AvgIpc) is 2.76. The number of aliphatic hydroxyl groups is 1. The van der Waals surface area contributed by atoms with E-state index in [2.05, 4.69) is 35.9 Å². The molecule has 3 nitrogen and oxygen atoms in total. The molecule has 0 aliphatic carbocycles. The topological polar surface area (TPSA) is 48.9 Å². The van der Waals surface area contributed by atoms with E-state index in [1.165, 1.54) is 16.7 Å². The van der Waals surface area contributed by atoms with Gasteiger partial charge in [-0.15, -0.1) is 0 Å². The average molecular weight is 216 g/mol. The lowest BCUT2D eigenvalue weighted by Gasteiger charge is -2.13. The highest BCUT2D eigenvalue weighted by molar-refractivity contribution is 5.34. The molecule has 3 heteroatoms. The molecule has 0 aliphatic heterocycles. The molecule has 0 fully saturated rings. The van der Waals surface area contributed by atoms with Gasteiger partial charge in [0, 0.05) is 18.8 Å². The molecule has 1 aromatic heterocycles. The summed E-state index contributed by atoms with van der Waals surface area (Å²) >= 11 is 0. The van der Waals surface area contributed by atoms with Crippen LogP contribution in [0.1, 0.15) is 28.6 Å². The first-order valence-corrected chi connectivity index (χ1v) is 5.41. The molecule has 2 rings (SSSR count). The number of rotatable bonds is 3. The summed E-state index contributed by atoms with van der Waals surface area (Å²) in [6, 6.07) is 6.17. The molecule has 84 valence electrons.